The van der Waals surface area contributed by atoms with E-state index in [4.69, 9.17) is 0 Å². The molecule has 12 heteroatoms. The van der Waals surface area contributed by atoms with Crippen LogP contribution in [0.15, 0.2) is 41.6 Å². The molecule has 1 aromatic carbocycles. The Labute approximate surface area is 131 Å². The summed E-state index contributed by atoms with van der Waals surface area (Å²) in [5.41, 5.74) is -1.45. The monoisotopic (exact) mass is 373 g/mol. The Bertz CT molecular complexity index is 826. The molecule has 2 aromatic rings. The SMILES string of the molecule is O=S(=O)(Nc1cccc(C(F)(F)F)c1)c1cnn(CC(F)(F)F)c1. The van der Waals surface area contributed by atoms with E-state index in [0.717, 1.165) is 18.2 Å². The minimum atomic E-state index is -4.67. The predicted octanol–water partition coefficient (Wildman–Crippen LogP) is 3.27. The molecule has 0 saturated carbocycles. The highest BCUT2D eigenvalue weighted by molar-refractivity contribution is 7.92. The quantitative estimate of drug-likeness (QED) is 0.837. The first-order valence-corrected chi connectivity index (χ1v) is 7.64. The molecular formula is C12H9F6N3O2S. The lowest BCUT2D eigenvalue weighted by atomic mass is 10.2. The second-order valence-corrected chi connectivity index (χ2v) is 6.36. The summed E-state index contributed by atoms with van der Waals surface area (Å²) in [6, 6.07) is 3.39. The van der Waals surface area contributed by atoms with Crippen LogP contribution in [0, 0.1) is 0 Å². The average molecular weight is 373 g/mol. The summed E-state index contributed by atoms with van der Waals surface area (Å²) >= 11 is 0. The molecule has 0 atom stereocenters. The number of nitrogens with one attached hydrogen (secondary N) is 1. The van der Waals surface area contributed by atoms with Crippen molar-refractivity contribution in [2.45, 2.75) is 23.8 Å². The number of aromatic nitrogens is 2. The molecule has 24 heavy (non-hydrogen) atoms. The first-order chi connectivity index (χ1) is 10.9. The second kappa shape index (κ2) is 6.00. The zero-order chi connectivity index (χ0) is 18.2. The summed E-state index contributed by atoms with van der Waals surface area (Å²) < 4.78 is 101. The van der Waals surface area contributed by atoms with Gasteiger partial charge in [0.15, 0.2) is 0 Å². The van der Waals surface area contributed by atoms with Crippen molar-refractivity contribution < 1.29 is 34.8 Å². The van der Waals surface area contributed by atoms with Crippen molar-refractivity contribution in [3.05, 3.63) is 42.2 Å². The first kappa shape index (κ1) is 18.1. The van der Waals surface area contributed by atoms with Crippen LogP contribution >= 0.6 is 0 Å². The lowest BCUT2D eigenvalue weighted by Crippen LogP contribution is -2.18. The second-order valence-electron chi connectivity index (χ2n) is 4.67. The van der Waals surface area contributed by atoms with Gasteiger partial charge in [-0.3, -0.25) is 9.40 Å². The summed E-state index contributed by atoms with van der Waals surface area (Å²) in [7, 11) is -4.38. The lowest BCUT2D eigenvalue weighted by molar-refractivity contribution is -0.142. The lowest BCUT2D eigenvalue weighted by Gasteiger charge is -2.10. The van der Waals surface area contributed by atoms with Gasteiger partial charge in [0, 0.05) is 11.9 Å². The van der Waals surface area contributed by atoms with Crippen LogP contribution in [0.4, 0.5) is 32.0 Å². The zero-order valence-corrected chi connectivity index (χ0v) is 12.4. The van der Waals surface area contributed by atoms with Crippen molar-refractivity contribution in [2.75, 3.05) is 4.72 Å². The maximum atomic E-state index is 12.6. The topological polar surface area (TPSA) is 64.0 Å². The minimum absolute atomic E-state index is 0.362. The van der Waals surface area contributed by atoms with Crippen LogP contribution in [0.5, 0.6) is 0 Å². The van der Waals surface area contributed by atoms with Gasteiger partial charge in [0.2, 0.25) is 0 Å². The number of rotatable bonds is 4. The molecule has 0 bridgehead atoms. The summed E-state index contributed by atoms with van der Waals surface area (Å²) in [6.45, 7) is -1.49. The largest absolute Gasteiger partial charge is 0.416 e. The third kappa shape index (κ3) is 4.63. The molecule has 132 valence electrons. The van der Waals surface area contributed by atoms with Gasteiger partial charge in [0.25, 0.3) is 10.0 Å². The van der Waals surface area contributed by atoms with Gasteiger partial charge in [-0.25, -0.2) is 8.42 Å². The van der Waals surface area contributed by atoms with Crippen molar-refractivity contribution in [1.29, 1.82) is 0 Å². The highest BCUT2D eigenvalue weighted by Gasteiger charge is 2.31. The number of hydrogen-bond acceptors (Lipinski definition) is 3. The van der Waals surface area contributed by atoms with Crippen LogP contribution in [0.2, 0.25) is 0 Å². The van der Waals surface area contributed by atoms with E-state index in [2.05, 4.69) is 5.10 Å². The normalized spacial score (nSPS) is 13.1. The van der Waals surface area contributed by atoms with Crippen molar-refractivity contribution in [1.82, 2.24) is 9.78 Å². The third-order valence-corrected chi connectivity index (χ3v) is 4.04. The van der Waals surface area contributed by atoms with E-state index in [9.17, 15) is 34.8 Å². The van der Waals surface area contributed by atoms with Crippen LogP contribution in [0.1, 0.15) is 5.56 Å². The number of alkyl halides is 6. The molecule has 0 aliphatic heterocycles. The van der Waals surface area contributed by atoms with Gasteiger partial charge in [0.1, 0.15) is 11.4 Å². The van der Waals surface area contributed by atoms with Gasteiger partial charge < -0.3 is 0 Å². The fourth-order valence-corrected chi connectivity index (χ4v) is 2.73. The van der Waals surface area contributed by atoms with Gasteiger partial charge in [-0.2, -0.15) is 31.4 Å². The van der Waals surface area contributed by atoms with Crippen molar-refractivity contribution in [2.24, 2.45) is 0 Å². The fourth-order valence-electron chi connectivity index (χ4n) is 1.73. The summed E-state index contributed by atoms with van der Waals surface area (Å²) in [5, 5.41) is 3.26. The molecule has 0 radical (unpaired) electrons. The van der Waals surface area contributed by atoms with Gasteiger partial charge >= 0.3 is 12.4 Å². The molecule has 0 fully saturated rings. The number of benzene rings is 1. The molecule has 1 aromatic heterocycles. The van der Waals surface area contributed by atoms with Crippen LogP contribution in [-0.2, 0) is 22.7 Å². The highest BCUT2D eigenvalue weighted by Crippen LogP contribution is 2.31. The molecule has 0 spiro atoms. The molecule has 0 aliphatic carbocycles. The maximum absolute atomic E-state index is 12.6. The van der Waals surface area contributed by atoms with E-state index in [1.807, 2.05) is 4.72 Å². The molecule has 0 aliphatic rings. The average Bonchev–Trinajstić information content (AvgIpc) is 2.84. The molecule has 1 heterocycles. The van der Waals surface area contributed by atoms with E-state index < -0.39 is 39.4 Å². The molecule has 5 nitrogen and oxygen atoms in total. The van der Waals surface area contributed by atoms with Crippen molar-refractivity contribution in [3.63, 3.8) is 0 Å². The van der Waals surface area contributed by atoms with Crippen LogP contribution < -0.4 is 4.72 Å². The Morgan fingerprint density at radius 1 is 1.12 bits per heavy atom. The number of hydrogen-bond donors (Lipinski definition) is 1. The van der Waals surface area contributed by atoms with Crippen LogP contribution in [0.25, 0.3) is 0 Å². The van der Waals surface area contributed by atoms with Crippen LogP contribution in [-0.4, -0.2) is 24.4 Å². The molecule has 1 N–H and O–H groups in total. The van der Waals surface area contributed by atoms with Crippen LogP contribution in [0.3, 0.4) is 0 Å². The number of sulfonamides is 1. The number of anilines is 1. The van der Waals surface area contributed by atoms with Gasteiger partial charge in [0.05, 0.1) is 11.8 Å². The van der Waals surface area contributed by atoms with Crippen molar-refractivity contribution >= 4 is 15.7 Å². The van der Waals surface area contributed by atoms with E-state index in [-0.39, 0.29) is 5.69 Å². The Balaban J connectivity index is 2.23. The summed E-state index contributed by atoms with van der Waals surface area (Å²) in [4.78, 5) is -0.607. The summed E-state index contributed by atoms with van der Waals surface area (Å²) in [6.07, 6.45) is -7.97. The first-order valence-electron chi connectivity index (χ1n) is 6.16. The highest BCUT2D eigenvalue weighted by atomic mass is 32.2. The molecule has 2 rings (SSSR count). The number of halogens is 6. The van der Waals surface area contributed by atoms with Gasteiger partial charge in [-0.15, -0.1) is 0 Å². The van der Waals surface area contributed by atoms with E-state index in [1.165, 1.54) is 0 Å². The predicted molar refractivity (Wildman–Crippen MR) is 70.5 cm³/mol. The standard InChI is InChI=1S/C12H9F6N3O2S/c13-11(14,15)7-21-6-10(5-19-21)24(22,23)20-9-3-1-2-8(4-9)12(16,17)18/h1-6,20H,7H2. The maximum Gasteiger partial charge on any atom is 0.416 e. The van der Waals surface area contributed by atoms with Gasteiger partial charge in [-0.05, 0) is 18.2 Å². The van der Waals surface area contributed by atoms with Gasteiger partial charge in [-0.1, -0.05) is 6.07 Å². The van der Waals surface area contributed by atoms with E-state index in [0.29, 0.717) is 23.1 Å². The Morgan fingerprint density at radius 2 is 1.79 bits per heavy atom. The smallest absolute Gasteiger partial charge is 0.280 e. The Hall–Kier alpha value is -2.24. The fraction of sp³-hybridized carbons (Fsp3) is 0.250. The Kier molecular flexibility index (Phi) is 4.52. The molecular weight excluding hydrogens is 364 g/mol. The molecule has 0 saturated heterocycles. The molecule has 0 unspecified atom stereocenters. The molecule has 0 amide bonds. The minimum Gasteiger partial charge on any atom is -0.280 e. The zero-order valence-electron chi connectivity index (χ0n) is 11.6. The Morgan fingerprint density at radius 3 is 2.38 bits per heavy atom. The number of nitrogens with zero attached hydrogens (tertiary/aromatic N) is 2. The van der Waals surface area contributed by atoms with Crippen molar-refractivity contribution in [3.8, 4) is 0 Å². The third-order valence-electron chi connectivity index (χ3n) is 2.70. The van der Waals surface area contributed by atoms with E-state index >= 15 is 0 Å². The summed E-state index contributed by atoms with van der Waals surface area (Å²) in [5.74, 6) is 0. The van der Waals surface area contributed by atoms with E-state index in [1.54, 1.807) is 0 Å².